The first-order valence-corrected chi connectivity index (χ1v) is 6.95. The maximum absolute atomic E-state index is 13.1. The first kappa shape index (κ1) is 15.1. The number of hydrogen-bond acceptors (Lipinski definition) is 2. The zero-order valence-corrected chi connectivity index (χ0v) is 13.0. The second-order valence-corrected chi connectivity index (χ2v) is 5.57. The molecule has 104 valence electrons. The molecule has 0 heterocycles. The molecule has 0 saturated carbocycles. The largest absolute Gasteiger partial charge is 0.397 e. The number of carbonyl (C=O) groups is 1. The molecular formula is C13H8BrCl2FN2O. The Morgan fingerprint density at radius 1 is 1.25 bits per heavy atom. The van der Waals surface area contributed by atoms with Crippen LogP contribution in [0, 0.1) is 5.82 Å². The van der Waals surface area contributed by atoms with Crippen molar-refractivity contribution in [3.8, 4) is 0 Å². The molecule has 0 spiro atoms. The van der Waals surface area contributed by atoms with E-state index in [2.05, 4.69) is 21.2 Å². The van der Waals surface area contributed by atoms with Crippen molar-refractivity contribution in [1.29, 1.82) is 0 Å². The molecule has 7 heteroatoms. The third-order valence-electron chi connectivity index (χ3n) is 2.54. The number of halogens is 4. The molecule has 0 atom stereocenters. The molecule has 20 heavy (non-hydrogen) atoms. The Labute approximate surface area is 133 Å². The van der Waals surface area contributed by atoms with Crippen LogP contribution >= 0.6 is 39.1 Å². The van der Waals surface area contributed by atoms with E-state index < -0.39 is 11.7 Å². The number of benzene rings is 2. The number of rotatable bonds is 2. The van der Waals surface area contributed by atoms with Crippen LogP contribution in [0.2, 0.25) is 10.0 Å². The standard InChI is InChI=1S/C13H8BrCl2FN2O/c14-8-4-6(17)5-10(16)12(8)19-13(20)7-2-1-3-9(15)11(7)18/h1-5H,18H2,(H,19,20). The van der Waals surface area contributed by atoms with Crippen molar-refractivity contribution in [2.75, 3.05) is 11.1 Å². The zero-order valence-electron chi connectivity index (χ0n) is 9.88. The summed E-state index contributed by atoms with van der Waals surface area (Å²) in [4.78, 5) is 12.2. The molecule has 2 aromatic rings. The van der Waals surface area contributed by atoms with Crippen LogP contribution in [0.3, 0.4) is 0 Å². The molecule has 0 aliphatic rings. The SMILES string of the molecule is Nc1c(Cl)cccc1C(=O)Nc1c(Cl)cc(F)cc1Br. The minimum Gasteiger partial charge on any atom is -0.397 e. The van der Waals surface area contributed by atoms with Crippen molar-refractivity contribution in [3.05, 3.63) is 56.2 Å². The van der Waals surface area contributed by atoms with E-state index in [1.807, 2.05) is 0 Å². The number of amides is 1. The third kappa shape index (κ3) is 3.06. The highest BCUT2D eigenvalue weighted by Gasteiger charge is 2.15. The molecule has 0 saturated heterocycles. The van der Waals surface area contributed by atoms with Gasteiger partial charge in [-0.1, -0.05) is 29.3 Å². The van der Waals surface area contributed by atoms with E-state index in [0.29, 0.717) is 4.47 Å². The number of nitrogen functional groups attached to an aromatic ring is 1. The lowest BCUT2D eigenvalue weighted by molar-refractivity contribution is 0.102. The highest BCUT2D eigenvalue weighted by atomic mass is 79.9. The van der Waals surface area contributed by atoms with Gasteiger partial charge in [-0.3, -0.25) is 4.79 Å². The molecule has 1 amide bonds. The summed E-state index contributed by atoms with van der Waals surface area (Å²) in [5.74, 6) is -0.999. The molecule has 0 radical (unpaired) electrons. The van der Waals surface area contributed by atoms with Gasteiger partial charge in [0.05, 0.1) is 27.0 Å². The molecule has 0 fully saturated rings. The molecule has 3 N–H and O–H groups in total. The van der Waals surface area contributed by atoms with E-state index in [1.165, 1.54) is 12.1 Å². The van der Waals surface area contributed by atoms with Crippen LogP contribution in [-0.2, 0) is 0 Å². The van der Waals surface area contributed by atoms with Crippen LogP contribution in [-0.4, -0.2) is 5.91 Å². The Hall–Kier alpha value is -1.30. The Morgan fingerprint density at radius 2 is 1.95 bits per heavy atom. The highest BCUT2D eigenvalue weighted by Crippen LogP contribution is 2.32. The maximum atomic E-state index is 13.1. The lowest BCUT2D eigenvalue weighted by Gasteiger charge is -2.11. The van der Waals surface area contributed by atoms with Crippen LogP contribution in [0.4, 0.5) is 15.8 Å². The number of carbonyl (C=O) groups excluding carboxylic acids is 1. The van der Waals surface area contributed by atoms with Gasteiger partial charge in [0.25, 0.3) is 5.91 Å². The Bertz CT molecular complexity index is 671. The number of nitrogens with one attached hydrogen (secondary N) is 1. The molecule has 2 aromatic carbocycles. The number of nitrogens with two attached hydrogens (primary N) is 1. The van der Waals surface area contributed by atoms with Crippen molar-refractivity contribution in [3.63, 3.8) is 0 Å². The predicted octanol–water partition coefficient (Wildman–Crippen LogP) is 4.73. The summed E-state index contributed by atoms with van der Waals surface area (Å²) in [5, 5.41) is 2.92. The summed E-state index contributed by atoms with van der Waals surface area (Å²) in [6.45, 7) is 0. The highest BCUT2D eigenvalue weighted by molar-refractivity contribution is 9.10. The van der Waals surface area contributed by atoms with Crippen molar-refractivity contribution in [1.82, 2.24) is 0 Å². The van der Waals surface area contributed by atoms with E-state index in [0.717, 1.165) is 6.07 Å². The molecule has 0 bridgehead atoms. The van der Waals surface area contributed by atoms with Gasteiger partial charge >= 0.3 is 0 Å². The Kier molecular flexibility index (Phi) is 4.52. The van der Waals surface area contributed by atoms with Gasteiger partial charge in [-0.15, -0.1) is 0 Å². The summed E-state index contributed by atoms with van der Waals surface area (Å²) in [5.41, 5.74) is 6.38. The fourth-order valence-corrected chi connectivity index (χ4v) is 2.65. The van der Waals surface area contributed by atoms with Crippen molar-refractivity contribution in [2.45, 2.75) is 0 Å². The van der Waals surface area contributed by atoms with E-state index in [9.17, 15) is 9.18 Å². The van der Waals surface area contributed by atoms with Gasteiger partial charge in [-0.2, -0.15) is 0 Å². The summed E-state index contributed by atoms with van der Waals surface area (Å²) in [7, 11) is 0. The molecular weight excluding hydrogens is 370 g/mol. The first-order chi connectivity index (χ1) is 9.40. The van der Waals surface area contributed by atoms with Crippen LogP contribution < -0.4 is 11.1 Å². The van der Waals surface area contributed by atoms with Crippen LogP contribution in [0.1, 0.15) is 10.4 Å². The average molecular weight is 378 g/mol. The second kappa shape index (κ2) is 5.99. The predicted molar refractivity (Wildman–Crippen MR) is 82.9 cm³/mol. The fraction of sp³-hybridized carbons (Fsp3) is 0. The zero-order chi connectivity index (χ0) is 14.9. The summed E-state index contributed by atoms with van der Waals surface area (Å²) in [6.07, 6.45) is 0. The molecule has 0 aliphatic heterocycles. The second-order valence-electron chi connectivity index (χ2n) is 3.90. The molecule has 3 nitrogen and oxygen atoms in total. The van der Waals surface area contributed by atoms with Crippen LogP contribution in [0.5, 0.6) is 0 Å². The smallest absolute Gasteiger partial charge is 0.257 e. The van der Waals surface area contributed by atoms with Gasteiger partial charge in [0.2, 0.25) is 0 Å². The monoisotopic (exact) mass is 376 g/mol. The fourth-order valence-electron chi connectivity index (χ4n) is 1.58. The third-order valence-corrected chi connectivity index (χ3v) is 3.80. The van der Waals surface area contributed by atoms with Crippen molar-refractivity contribution >= 4 is 56.4 Å². The summed E-state index contributed by atoms with van der Waals surface area (Å²) in [6, 6.07) is 7.01. The van der Waals surface area contributed by atoms with E-state index in [-0.39, 0.29) is 27.0 Å². The van der Waals surface area contributed by atoms with Crippen molar-refractivity contribution in [2.24, 2.45) is 0 Å². The van der Waals surface area contributed by atoms with Gasteiger partial charge in [0, 0.05) is 4.47 Å². The number of para-hydroxylation sites is 1. The first-order valence-electron chi connectivity index (χ1n) is 5.40. The van der Waals surface area contributed by atoms with Gasteiger partial charge in [-0.25, -0.2) is 4.39 Å². The van der Waals surface area contributed by atoms with Gasteiger partial charge in [0.15, 0.2) is 0 Å². The van der Waals surface area contributed by atoms with Gasteiger partial charge < -0.3 is 11.1 Å². The molecule has 0 unspecified atom stereocenters. The lowest BCUT2D eigenvalue weighted by Crippen LogP contribution is -2.15. The number of anilines is 2. The van der Waals surface area contributed by atoms with Crippen molar-refractivity contribution < 1.29 is 9.18 Å². The maximum Gasteiger partial charge on any atom is 0.257 e. The van der Waals surface area contributed by atoms with E-state index >= 15 is 0 Å². The number of hydrogen-bond donors (Lipinski definition) is 2. The molecule has 0 aromatic heterocycles. The minimum atomic E-state index is -0.512. The van der Waals surface area contributed by atoms with E-state index in [1.54, 1.807) is 12.1 Å². The van der Waals surface area contributed by atoms with Gasteiger partial charge in [0.1, 0.15) is 5.82 Å². The Morgan fingerprint density at radius 3 is 2.60 bits per heavy atom. The average Bonchev–Trinajstić information content (AvgIpc) is 2.36. The van der Waals surface area contributed by atoms with Gasteiger partial charge in [-0.05, 0) is 40.2 Å². The lowest BCUT2D eigenvalue weighted by atomic mass is 10.1. The minimum absolute atomic E-state index is 0.0748. The topological polar surface area (TPSA) is 55.1 Å². The Balaban J connectivity index is 2.36. The van der Waals surface area contributed by atoms with Crippen LogP contribution in [0.15, 0.2) is 34.8 Å². The van der Waals surface area contributed by atoms with E-state index in [4.69, 9.17) is 28.9 Å². The molecule has 0 aliphatic carbocycles. The van der Waals surface area contributed by atoms with Crippen LogP contribution in [0.25, 0.3) is 0 Å². The summed E-state index contributed by atoms with van der Waals surface area (Å²) >= 11 is 14.9. The summed E-state index contributed by atoms with van der Waals surface area (Å²) < 4.78 is 13.5. The molecule has 2 rings (SSSR count). The quantitative estimate of drug-likeness (QED) is 0.743. The normalized spacial score (nSPS) is 10.4.